The van der Waals surface area contributed by atoms with Gasteiger partial charge in [0.05, 0.1) is 17.9 Å². The fourth-order valence-corrected chi connectivity index (χ4v) is 3.45. The molecule has 0 fully saturated rings. The van der Waals surface area contributed by atoms with E-state index in [1.807, 2.05) is 0 Å². The van der Waals surface area contributed by atoms with Crippen molar-refractivity contribution in [2.75, 3.05) is 17.8 Å². The molecule has 0 bridgehead atoms. The smallest absolute Gasteiger partial charge is 0.287 e. The summed E-state index contributed by atoms with van der Waals surface area (Å²) in [6.07, 6.45) is 0.603. The third-order valence-corrected chi connectivity index (χ3v) is 6.36. The van der Waals surface area contributed by atoms with Gasteiger partial charge in [0.1, 0.15) is 0 Å². The zero-order valence-corrected chi connectivity index (χ0v) is 16.9. The summed E-state index contributed by atoms with van der Waals surface area (Å²) in [7, 11) is -4.02. The zero-order chi connectivity index (χ0) is 16.0. The highest BCUT2D eigenvalue weighted by molar-refractivity contribution is 9.09. The van der Waals surface area contributed by atoms with Gasteiger partial charge < -0.3 is 0 Å². The molecule has 10 heteroatoms. The Kier molecular flexibility index (Phi) is 9.95. The molecular weight excluding hydrogens is 437 g/mol. The molecule has 0 aliphatic heterocycles. The predicted molar refractivity (Wildman–Crippen MR) is 88.7 cm³/mol. The fraction of sp³-hybridized carbons (Fsp3) is 1.00. The van der Waals surface area contributed by atoms with Crippen molar-refractivity contribution in [1.29, 1.82) is 0 Å². The van der Waals surface area contributed by atoms with Crippen molar-refractivity contribution in [1.82, 2.24) is 0 Å². The molecule has 0 saturated heterocycles. The summed E-state index contributed by atoms with van der Waals surface area (Å²) in [6, 6.07) is 0. The molecule has 0 aliphatic carbocycles. The Balaban J connectivity index is 5.01. The van der Waals surface area contributed by atoms with Gasteiger partial charge in [0.25, 0.3) is 0 Å². The summed E-state index contributed by atoms with van der Waals surface area (Å²) in [6.45, 7) is 4.64. The van der Waals surface area contributed by atoms with E-state index < -0.39 is 23.3 Å². The van der Waals surface area contributed by atoms with Crippen LogP contribution in [-0.2, 0) is 18.1 Å². The van der Waals surface area contributed by atoms with Gasteiger partial charge in [-0.05, 0) is 27.2 Å². The van der Waals surface area contributed by atoms with Gasteiger partial charge in [0, 0.05) is 5.33 Å². The minimum absolute atomic E-state index is 0.112. The van der Waals surface area contributed by atoms with Crippen LogP contribution in [0.5, 0.6) is 0 Å². The van der Waals surface area contributed by atoms with E-state index in [1.165, 1.54) is 13.8 Å². The maximum atomic E-state index is 12.6. The molecule has 0 rings (SSSR count). The number of phosphoric ester groups is 1. The lowest BCUT2D eigenvalue weighted by Crippen LogP contribution is -2.32. The lowest BCUT2D eigenvalue weighted by Gasteiger charge is -2.32. The lowest BCUT2D eigenvalue weighted by atomic mass is 10.3. The van der Waals surface area contributed by atoms with Crippen molar-refractivity contribution < 1.29 is 18.1 Å². The third kappa shape index (κ3) is 8.40. The number of alkyl halides is 5. The fourth-order valence-electron chi connectivity index (χ4n) is 0.851. The Morgan fingerprint density at radius 2 is 1.85 bits per heavy atom. The first kappa shape index (κ1) is 21.8. The molecule has 122 valence electrons. The standard InChI is InChI=1S/C10H18BrCl4O4P/c1-8(13)10(3,15)19-20(16,17-6-4-5-11)18-9(2,14)7-12/h8H,4-7H2,1-3H3. The molecule has 0 heterocycles. The minimum atomic E-state index is -4.02. The molecule has 4 atom stereocenters. The second-order valence-electron chi connectivity index (χ2n) is 4.34. The SMILES string of the molecule is CC(Cl)C(C)(Cl)OP(=O)(OCCCBr)OC(C)(Cl)CCl. The zero-order valence-electron chi connectivity index (χ0n) is 11.4. The number of hydrogen-bond acceptors (Lipinski definition) is 4. The number of rotatable bonds is 10. The molecule has 4 unspecified atom stereocenters. The lowest BCUT2D eigenvalue weighted by molar-refractivity contribution is 0.0409. The van der Waals surface area contributed by atoms with Crippen molar-refractivity contribution >= 4 is 70.2 Å². The number of halogens is 5. The van der Waals surface area contributed by atoms with E-state index in [0.717, 1.165) is 0 Å². The Morgan fingerprint density at radius 1 is 1.30 bits per heavy atom. The molecule has 0 N–H and O–H groups in total. The van der Waals surface area contributed by atoms with Crippen LogP contribution in [0.3, 0.4) is 0 Å². The molecule has 4 nitrogen and oxygen atoms in total. The topological polar surface area (TPSA) is 44.8 Å². The second-order valence-corrected chi connectivity index (χ2v) is 9.13. The van der Waals surface area contributed by atoms with Crippen LogP contribution < -0.4 is 0 Å². The minimum Gasteiger partial charge on any atom is -0.287 e. The average molecular weight is 455 g/mol. The van der Waals surface area contributed by atoms with E-state index in [0.29, 0.717) is 11.8 Å². The van der Waals surface area contributed by atoms with Gasteiger partial charge in [0.15, 0.2) is 10.1 Å². The Bertz CT molecular complexity index is 341. The summed E-state index contributed by atoms with van der Waals surface area (Å²) in [5, 5.41) is -2.82. The first-order valence-electron chi connectivity index (χ1n) is 5.78. The molecule has 0 aromatic heterocycles. The summed E-state index contributed by atoms with van der Waals surface area (Å²) in [5.41, 5.74) is 0. The molecule has 0 radical (unpaired) electrons. The first-order chi connectivity index (χ1) is 8.98. The van der Waals surface area contributed by atoms with Crippen molar-refractivity contribution in [2.24, 2.45) is 0 Å². The van der Waals surface area contributed by atoms with Gasteiger partial charge >= 0.3 is 7.82 Å². The van der Waals surface area contributed by atoms with E-state index in [9.17, 15) is 4.57 Å². The normalized spacial score (nSPS) is 22.6. The molecule has 0 aromatic carbocycles. The summed E-state index contributed by atoms with van der Waals surface area (Å²) >= 11 is 26.8. The molecule has 0 saturated carbocycles. The van der Waals surface area contributed by atoms with E-state index >= 15 is 0 Å². The van der Waals surface area contributed by atoms with Crippen molar-refractivity contribution in [3.8, 4) is 0 Å². The van der Waals surface area contributed by atoms with Crippen molar-refractivity contribution in [3.05, 3.63) is 0 Å². The highest BCUT2D eigenvalue weighted by Gasteiger charge is 2.44. The molecule has 0 aromatic rings. The summed E-state index contributed by atoms with van der Waals surface area (Å²) in [4.78, 5) is 0. The maximum absolute atomic E-state index is 12.6. The largest absolute Gasteiger partial charge is 0.478 e. The first-order valence-corrected chi connectivity index (χ1v) is 10.1. The highest BCUT2D eigenvalue weighted by Crippen LogP contribution is 2.58. The molecule has 0 spiro atoms. The monoisotopic (exact) mass is 452 g/mol. The van der Waals surface area contributed by atoms with Crippen LogP contribution in [0.2, 0.25) is 0 Å². The second kappa shape index (κ2) is 9.14. The van der Waals surface area contributed by atoms with Crippen LogP contribution in [0.1, 0.15) is 27.2 Å². The van der Waals surface area contributed by atoms with Gasteiger partial charge in [-0.25, -0.2) is 4.57 Å². The Hall–Kier alpha value is 1.75. The molecule has 0 amide bonds. The van der Waals surface area contributed by atoms with Crippen LogP contribution in [0.15, 0.2) is 0 Å². The van der Waals surface area contributed by atoms with Crippen LogP contribution in [0, 0.1) is 0 Å². The van der Waals surface area contributed by atoms with Gasteiger partial charge in [-0.1, -0.05) is 39.1 Å². The van der Waals surface area contributed by atoms with Gasteiger partial charge in [-0.15, -0.1) is 23.2 Å². The van der Waals surface area contributed by atoms with Gasteiger partial charge in [0.2, 0.25) is 0 Å². The van der Waals surface area contributed by atoms with E-state index in [4.69, 9.17) is 60.0 Å². The summed E-state index contributed by atoms with van der Waals surface area (Å²) < 4.78 is 28.3. The average Bonchev–Trinajstić information content (AvgIpc) is 2.27. The number of hydrogen-bond donors (Lipinski definition) is 0. The Labute approximate surface area is 148 Å². The predicted octanol–water partition coefficient (Wildman–Crippen LogP) is 5.71. The van der Waals surface area contributed by atoms with E-state index in [1.54, 1.807) is 6.92 Å². The van der Waals surface area contributed by atoms with E-state index in [2.05, 4.69) is 15.9 Å². The summed E-state index contributed by atoms with van der Waals surface area (Å²) in [5.74, 6) is -0.112. The maximum Gasteiger partial charge on any atom is 0.478 e. The van der Waals surface area contributed by atoms with Crippen molar-refractivity contribution in [3.63, 3.8) is 0 Å². The van der Waals surface area contributed by atoms with Gasteiger partial charge in [-0.2, -0.15) is 0 Å². The molecular formula is C10H18BrCl4O4P. The van der Waals surface area contributed by atoms with Crippen LogP contribution in [-0.4, -0.2) is 33.3 Å². The highest BCUT2D eigenvalue weighted by atomic mass is 79.9. The number of phosphoric acid groups is 1. The van der Waals surface area contributed by atoms with Crippen LogP contribution >= 0.6 is 70.2 Å². The van der Waals surface area contributed by atoms with Gasteiger partial charge in [-0.3, -0.25) is 13.6 Å². The quantitative estimate of drug-likeness (QED) is 0.241. The van der Waals surface area contributed by atoms with E-state index in [-0.39, 0.29) is 12.5 Å². The van der Waals surface area contributed by atoms with Crippen LogP contribution in [0.25, 0.3) is 0 Å². The molecule has 20 heavy (non-hydrogen) atoms. The third-order valence-electron chi connectivity index (χ3n) is 2.07. The molecule has 0 aliphatic rings. The Morgan fingerprint density at radius 3 is 2.25 bits per heavy atom. The van der Waals surface area contributed by atoms with Crippen molar-refractivity contribution in [2.45, 2.75) is 42.7 Å². The van der Waals surface area contributed by atoms with Crippen LogP contribution in [0.4, 0.5) is 0 Å².